The van der Waals surface area contributed by atoms with E-state index >= 15 is 0 Å². The molecule has 0 spiro atoms. The summed E-state index contributed by atoms with van der Waals surface area (Å²) in [7, 11) is 0. The third-order valence-electron chi connectivity index (χ3n) is 37.9. The highest BCUT2D eigenvalue weighted by molar-refractivity contribution is 6.03. The largest absolute Gasteiger partial charge is 0.508 e. The standard InChI is InChI=1S/C21H30O3.C21H28O3.2C21H26O2.C20H24O2/c2*1-12(22)16-6-7-17-15-5-4-13-10-14(23)8-9-20(13,2)19(15)18(24)11-21(16,17)3;2*1-13(22)17-6-7-18-16-5-4-14-12-15(23)8-10-20(14,2)19(16)9-11-21(17,18)3;1-12(21)18-7-8-19-17-5-3-13-11-14(22)4-6-15(13)16(17)9-10-20(18,19)2/h10,15-19,24H,4-9,11H2,1-3H3;8-10,15-19,24H,4-7,11H2,1-3H3;2*8-10,12,16-18H,4-7,11H2,1-3H3;4,6,9,11,17-19,22H,3,5,7-8,10H2,1-2H3/t2*15?,16?,17?,18-,19?,20+,21-;16?,17?,18?,20-,21+;16?,17-,18?,20+,21-;17?,18?,19?,20-/m11011/s1. The van der Waals surface area contributed by atoms with E-state index in [1.54, 1.807) is 58.9 Å². The maximum atomic E-state index is 12.2. The molecule has 19 aliphatic rings. The van der Waals surface area contributed by atoms with Crippen LogP contribution in [-0.4, -0.2) is 79.6 Å². The first-order chi connectivity index (χ1) is 54.8. The molecular formula is C104H134O12. The normalized spacial score (nSPS) is 45.4. The van der Waals surface area contributed by atoms with E-state index in [2.05, 4.69) is 98.8 Å². The zero-order chi connectivity index (χ0) is 82.8. The van der Waals surface area contributed by atoms with Crippen molar-refractivity contribution in [3.05, 3.63) is 142 Å². The maximum absolute atomic E-state index is 12.2. The number of phenolic OH excluding ortho intramolecular Hbond substituents is 1. The molecule has 12 heteroatoms. The second-order valence-corrected chi connectivity index (χ2v) is 43.1. The highest BCUT2D eigenvalue weighted by Gasteiger charge is 2.66. The molecule has 16 unspecified atom stereocenters. The summed E-state index contributed by atoms with van der Waals surface area (Å²) in [6.45, 7) is 29.3. The first-order valence-electron chi connectivity index (χ1n) is 45.7. The molecule has 0 amide bonds. The first kappa shape index (κ1) is 83.0. The van der Waals surface area contributed by atoms with E-state index in [4.69, 9.17) is 0 Å². The van der Waals surface area contributed by atoms with Gasteiger partial charge in [-0.15, -0.1) is 0 Å². The number of ketones is 9. The number of aliphatic hydroxyl groups excluding tert-OH is 2. The number of allylic oxidation sites excluding steroid dienone is 19. The number of aliphatic hydroxyl groups is 2. The van der Waals surface area contributed by atoms with Crippen LogP contribution in [0, 0.1) is 149 Å². The van der Waals surface area contributed by atoms with Gasteiger partial charge in [-0.3, -0.25) is 43.2 Å². The Morgan fingerprint density at radius 3 is 1.25 bits per heavy atom. The number of aryl methyl sites for hydroxylation is 1. The lowest BCUT2D eigenvalue weighted by Gasteiger charge is -2.59. The second kappa shape index (κ2) is 29.9. The Hall–Kier alpha value is -6.63. The van der Waals surface area contributed by atoms with Crippen LogP contribution in [0.15, 0.2) is 131 Å². The van der Waals surface area contributed by atoms with Crippen molar-refractivity contribution in [2.24, 2.45) is 149 Å². The summed E-state index contributed by atoms with van der Waals surface area (Å²) in [6, 6.07) is 5.82. The molecule has 11 fully saturated rings. The molecule has 0 aromatic heterocycles. The van der Waals surface area contributed by atoms with E-state index in [0.717, 1.165) is 141 Å². The van der Waals surface area contributed by atoms with Crippen LogP contribution < -0.4 is 0 Å². The number of fused-ring (bicyclic) bond motifs is 25. The van der Waals surface area contributed by atoms with Gasteiger partial charge in [0.05, 0.1) is 12.2 Å². The minimum absolute atomic E-state index is 0.0219. The Bertz CT molecular complexity index is 4520. The molecule has 12 nitrogen and oxygen atoms in total. The van der Waals surface area contributed by atoms with Crippen molar-refractivity contribution in [2.45, 2.75) is 283 Å². The quantitative estimate of drug-likeness (QED) is 0.235. The molecule has 0 heterocycles. The van der Waals surface area contributed by atoms with Crippen LogP contribution in [-0.2, 0) is 49.6 Å². The lowest BCUT2D eigenvalue weighted by Crippen LogP contribution is -2.56. The van der Waals surface area contributed by atoms with Gasteiger partial charge < -0.3 is 15.3 Å². The summed E-state index contributed by atoms with van der Waals surface area (Å²) in [5.41, 5.74) is 12.2. The lowest BCUT2D eigenvalue weighted by molar-refractivity contribution is -0.143. The topological polar surface area (TPSA) is 214 Å². The van der Waals surface area contributed by atoms with Gasteiger partial charge in [0, 0.05) is 58.2 Å². The van der Waals surface area contributed by atoms with Crippen molar-refractivity contribution in [1.82, 2.24) is 0 Å². The van der Waals surface area contributed by atoms with E-state index in [0.29, 0.717) is 101 Å². The average Bonchev–Trinajstić information content (AvgIpc) is 1.35. The zero-order valence-electron chi connectivity index (χ0n) is 72.3. The Balaban J connectivity index is 0.000000109. The molecule has 116 heavy (non-hydrogen) atoms. The van der Waals surface area contributed by atoms with E-state index < -0.39 is 6.10 Å². The summed E-state index contributed by atoms with van der Waals surface area (Å²) in [6.07, 6.45) is 52.9. The van der Waals surface area contributed by atoms with Crippen molar-refractivity contribution < 1.29 is 58.5 Å². The molecule has 622 valence electrons. The summed E-state index contributed by atoms with van der Waals surface area (Å²) >= 11 is 0. The third-order valence-corrected chi connectivity index (χ3v) is 37.9. The monoisotopic (exact) mass is 1570 g/mol. The van der Waals surface area contributed by atoms with Crippen molar-refractivity contribution >= 4 is 57.6 Å². The van der Waals surface area contributed by atoms with Crippen molar-refractivity contribution in [2.75, 3.05) is 0 Å². The molecule has 3 N–H and O–H groups in total. The number of hydrogen-bond donors (Lipinski definition) is 3. The summed E-state index contributed by atoms with van der Waals surface area (Å²) in [5, 5.41) is 32.0. The molecule has 0 radical (unpaired) electrons. The Kier molecular flexibility index (Phi) is 21.4. The van der Waals surface area contributed by atoms with Gasteiger partial charge >= 0.3 is 0 Å². The fraction of sp³-hybridized carbons (Fsp3) is 0.663. The van der Waals surface area contributed by atoms with Gasteiger partial charge in [-0.1, -0.05) is 124 Å². The number of carbonyl (C=O) groups excluding carboxylic acids is 9. The third kappa shape index (κ3) is 13.1. The summed E-state index contributed by atoms with van der Waals surface area (Å²) < 4.78 is 0. The van der Waals surface area contributed by atoms with E-state index in [1.165, 1.54) is 69.4 Å². The maximum Gasteiger partial charge on any atom is 0.178 e. The lowest BCUT2D eigenvalue weighted by atomic mass is 9.46. The highest BCUT2D eigenvalue weighted by Crippen LogP contribution is 2.71. The number of rotatable bonds is 5. The van der Waals surface area contributed by atoms with Crippen LogP contribution in [0.4, 0.5) is 0 Å². The van der Waals surface area contributed by atoms with Gasteiger partial charge in [-0.25, -0.2) is 0 Å². The van der Waals surface area contributed by atoms with Crippen LogP contribution in [0.25, 0.3) is 5.57 Å². The molecule has 1 aromatic rings. The molecule has 0 saturated heterocycles. The molecule has 19 aliphatic carbocycles. The summed E-state index contributed by atoms with van der Waals surface area (Å²) in [5.74, 6) is 9.73. The van der Waals surface area contributed by atoms with Crippen LogP contribution >= 0.6 is 0 Å². The smallest absolute Gasteiger partial charge is 0.178 e. The van der Waals surface area contributed by atoms with E-state index in [9.17, 15) is 58.5 Å². The van der Waals surface area contributed by atoms with Crippen molar-refractivity contribution in [3.63, 3.8) is 0 Å². The highest BCUT2D eigenvalue weighted by atomic mass is 16.3. The van der Waals surface area contributed by atoms with Gasteiger partial charge in [0.25, 0.3) is 0 Å². The number of carbonyl (C=O) groups is 9. The average molecular weight is 1580 g/mol. The fourth-order valence-electron chi connectivity index (χ4n) is 32.4. The molecule has 11 saturated carbocycles. The van der Waals surface area contributed by atoms with E-state index in [-0.39, 0.29) is 125 Å². The summed E-state index contributed by atoms with van der Waals surface area (Å²) in [4.78, 5) is 108. The SMILES string of the molecule is CC(=O)C1CCC2C3CCC4=CC(=O)C=C[C@]4(C)C3=CC[C@]12C.CC(=O)C1CCC2C3CCC4=CC(=O)C=C[C@]4(C)C3[C@H](O)C[C@]12C.CC(=O)C1CCC2C3CCC4=CC(=O)CC[C@]4(C)C3[C@H](O)C[C@]12C.CC(=O)C1CCC2C3CCc4cc(O)ccc4C3=CC[C@]12C.CC(=O)[C@H]1CCC2C3CCC4=CC(=O)C=C[C@]4(C)C3=CC[C@@]21C. The fourth-order valence-corrected chi connectivity index (χ4v) is 32.4. The van der Waals surface area contributed by atoms with Crippen LogP contribution in [0.1, 0.15) is 275 Å². The molecule has 0 bridgehead atoms. The first-order valence-corrected chi connectivity index (χ1v) is 45.7. The molecule has 28 atom stereocenters. The van der Waals surface area contributed by atoms with Crippen molar-refractivity contribution in [1.29, 1.82) is 0 Å². The Morgan fingerprint density at radius 1 is 0.388 bits per heavy atom. The number of Topliss-reactive ketones (excluding diaryl/α,β-unsaturated/α-hetero) is 5. The van der Waals surface area contributed by atoms with E-state index in [1.807, 2.05) is 36.4 Å². The van der Waals surface area contributed by atoms with Gasteiger partial charge in [0.15, 0.2) is 23.1 Å². The minimum Gasteiger partial charge on any atom is -0.508 e. The Morgan fingerprint density at radius 2 is 0.776 bits per heavy atom. The van der Waals surface area contributed by atoms with Gasteiger partial charge in [-0.05, 0) is 384 Å². The van der Waals surface area contributed by atoms with Crippen LogP contribution in [0.2, 0.25) is 0 Å². The minimum atomic E-state index is -0.400. The van der Waals surface area contributed by atoms with Crippen LogP contribution in [0.5, 0.6) is 5.75 Å². The predicted octanol–water partition coefficient (Wildman–Crippen LogP) is 20.4. The van der Waals surface area contributed by atoms with Crippen molar-refractivity contribution in [3.8, 4) is 5.75 Å². The predicted molar refractivity (Wildman–Crippen MR) is 453 cm³/mol. The van der Waals surface area contributed by atoms with Gasteiger partial charge in [0.1, 0.15) is 34.7 Å². The molecule has 0 aliphatic heterocycles. The second-order valence-electron chi connectivity index (χ2n) is 43.1. The molecule has 20 rings (SSSR count). The Labute approximate surface area is 691 Å². The number of benzene rings is 1. The van der Waals surface area contributed by atoms with Gasteiger partial charge in [-0.2, -0.15) is 0 Å². The number of phenols is 1. The molecule has 1 aromatic carbocycles. The number of aromatic hydroxyl groups is 1. The van der Waals surface area contributed by atoms with Crippen LogP contribution in [0.3, 0.4) is 0 Å². The number of hydrogen-bond acceptors (Lipinski definition) is 12. The van der Waals surface area contributed by atoms with Gasteiger partial charge in [0.2, 0.25) is 0 Å². The molecular weight excluding hydrogens is 1440 g/mol. The zero-order valence-corrected chi connectivity index (χ0v) is 72.3.